The first-order valence-corrected chi connectivity index (χ1v) is 4.03. The molecule has 3 rings (SSSR count). The maximum atomic E-state index is 4.18. The van der Waals surface area contributed by atoms with Crippen LogP contribution >= 0.6 is 0 Å². The number of fused-ring (bicyclic) bond motifs is 2. The van der Waals surface area contributed by atoms with Gasteiger partial charge in [0.2, 0.25) is 5.52 Å². The fourth-order valence-electron chi connectivity index (χ4n) is 1.46. The molecule has 0 spiro atoms. The summed E-state index contributed by atoms with van der Waals surface area (Å²) in [6, 6.07) is 5.99. The van der Waals surface area contributed by atoms with Crippen molar-refractivity contribution in [3.05, 3.63) is 30.7 Å². The summed E-state index contributed by atoms with van der Waals surface area (Å²) < 4.78 is 0. The first kappa shape index (κ1) is 6.54. The molecule has 0 aliphatic carbocycles. The smallest absolute Gasteiger partial charge is 0.278 e. The average Bonchev–Trinajstić information content (AvgIpc) is 2.61. The zero-order chi connectivity index (χ0) is 8.67. The number of nitrogens with zero attached hydrogens (tertiary/aromatic N) is 2. The minimum Gasteiger partial charge on any atom is -0.278 e. The minimum absolute atomic E-state index is 0.979. The Hall–Kier alpha value is -1.97. The van der Waals surface area contributed by atoms with Crippen LogP contribution in [0.2, 0.25) is 0 Å². The predicted octanol–water partition coefficient (Wildman–Crippen LogP) is 0.925. The lowest BCUT2D eigenvalue weighted by atomic mass is 10.2. The molecule has 0 saturated carbocycles. The number of rotatable bonds is 0. The number of imidazole rings is 1. The lowest BCUT2D eigenvalue weighted by Crippen LogP contribution is -1.94. The van der Waals surface area contributed by atoms with Gasteiger partial charge in [0, 0.05) is 23.7 Å². The molecule has 2 heterocycles. The van der Waals surface area contributed by atoms with Crippen LogP contribution in [0.3, 0.4) is 0 Å². The van der Waals surface area contributed by atoms with Crippen molar-refractivity contribution in [1.82, 2.24) is 15.2 Å². The van der Waals surface area contributed by atoms with Gasteiger partial charge in [-0.05, 0) is 11.1 Å². The molecule has 0 saturated heterocycles. The number of nitrogens with one attached hydrogen (secondary N) is 2. The molecule has 4 nitrogen and oxygen atoms in total. The highest BCUT2D eigenvalue weighted by Gasteiger charge is 2.05. The average molecular weight is 171 g/mol. The molecular formula is C9H7N4+. The van der Waals surface area contributed by atoms with E-state index in [0.717, 1.165) is 21.9 Å². The van der Waals surface area contributed by atoms with Crippen LogP contribution in [-0.4, -0.2) is 15.2 Å². The van der Waals surface area contributed by atoms with Gasteiger partial charge in [-0.1, -0.05) is 0 Å². The molecule has 0 aliphatic heterocycles. The van der Waals surface area contributed by atoms with Crippen LogP contribution < -0.4 is 4.98 Å². The molecule has 0 fully saturated rings. The van der Waals surface area contributed by atoms with Crippen molar-refractivity contribution in [2.75, 3.05) is 0 Å². The van der Waals surface area contributed by atoms with E-state index in [4.69, 9.17) is 0 Å². The van der Waals surface area contributed by atoms with E-state index >= 15 is 0 Å². The summed E-state index contributed by atoms with van der Waals surface area (Å²) in [7, 11) is 0. The van der Waals surface area contributed by atoms with Crippen LogP contribution in [0.15, 0.2) is 30.7 Å². The van der Waals surface area contributed by atoms with Gasteiger partial charge in [-0.15, -0.1) is 0 Å². The van der Waals surface area contributed by atoms with Crippen molar-refractivity contribution in [1.29, 1.82) is 0 Å². The molecule has 0 bridgehead atoms. The van der Waals surface area contributed by atoms with Gasteiger partial charge < -0.3 is 0 Å². The van der Waals surface area contributed by atoms with Gasteiger partial charge in [0.05, 0.1) is 5.52 Å². The maximum absolute atomic E-state index is 4.18. The number of hydrogen-bond donors (Lipinski definition) is 1. The van der Waals surface area contributed by atoms with E-state index in [1.165, 1.54) is 0 Å². The standard InChI is InChI=1S/C9H6N4/c1-2-12-13-7-4-9-8(3-6(1)7)10-5-11-9/h1-5,13H/p+1. The normalized spacial score (nSPS) is 11.1. The Morgan fingerprint density at radius 3 is 3.31 bits per heavy atom. The molecule has 62 valence electrons. The Labute approximate surface area is 73.6 Å². The van der Waals surface area contributed by atoms with Crippen molar-refractivity contribution in [2.45, 2.75) is 0 Å². The van der Waals surface area contributed by atoms with Crippen molar-refractivity contribution >= 4 is 21.9 Å². The Morgan fingerprint density at radius 1 is 1.31 bits per heavy atom. The highest BCUT2D eigenvalue weighted by molar-refractivity contribution is 5.90. The van der Waals surface area contributed by atoms with E-state index in [0.29, 0.717) is 0 Å². The van der Waals surface area contributed by atoms with Gasteiger partial charge >= 0.3 is 0 Å². The SMILES string of the molecule is c1cc2cc3nc[nH+]c3cc2[nH]n1. The highest BCUT2D eigenvalue weighted by atomic mass is 15.1. The molecule has 4 heteroatoms. The van der Waals surface area contributed by atoms with E-state index in [2.05, 4.69) is 20.2 Å². The second kappa shape index (κ2) is 2.26. The minimum atomic E-state index is 0.979. The van der Waals surface area contributed by atoms with Gasteiger partial charge in [0.1, 0.15) is 0 Å². The summed E-state index contributed by atoms with van der Waals surface area (Å²) in [5, 5.41) is 8.00. The van der Waals surface area contributed by atoms with Gasteiger partial charge in [0.25, 0.3) is 6.33 Å². The molecule has 13 heavy (non-hydrogen) atoms. The van der Waals surface area contributed by atoms with E-state index in [1.807, 2.05) is 18.2 Å². The quantitative estimate of drug-likeness (QED) is 0.547. The number of aromatic nitrogens is 4. The van der Waals surface area contributed by atoms with Crippen LogP contribution in [0.25, 0.3) is 21.9 Å². The molecule has 0 radical (unpaired) electrons. The fraction of sp³-hybridized carbons (Fsp3) is 0. The van der Waals surface area contributed by atoms with Crippen LogP contribution in [0, 0.1) is 0 Å². The number of hydrogen-bond acceptors (Lipinski definition) is 2. The Balaban J connectivity index is 2.57. The van der Waals surface area contributed by atoms with Crippen molar-refractivity contribution in [2.24, 2.45) is 0 Å². The monoisotopic (exact) mass is 171 g/mol. The largest absolute Gasteiger partial charge is 0.285 e. The molecule has 2 N–H and O–H groups in total. The highest BCUT2D eigenvalue weighted by Crippen LogP contribution is 2.15. The summed E-state index contributed by atoms with van der Waals surface area (Å²) in [5.41, 5.74) is 3.02. The van der Waals surface area contributed by atoms with Crippen LogP contribution in [-0.2, 0) is 0 Å². The Kier molecular flexibility index (Phi) is 1.14. The van der Waals surface area contributed by atoms with E-state index in [1.54, 1.807) is 12.5 Å². The third-order valence-electron chi connectivity index (χ3n) is 2.11. The Bertz CT molecular complexity index is 520. The molecule has 0 amide bonds. The second-order valence-corrected chi connectivity index (χ2v) is 2.92. The molecule has 0 unspecified atom stereocenters. The number of H-pyrrole nitrogens is 2. The zero-order valence-corrected chi connectivity index (χ0v) is 6.78. The zero-order valence-electron chi connectivity index (χ0n) is 6.78. The van der Waals surface area contributed by atoms with Gasteiger partial charge in [-0.3, -0.25) is 5.10 Å². The fourth-order valence-corrected chi connectivity index (χ4v) is 1.46. The number of aromatic amines is 2. The van der Waals surface area contributed by atoms with Crippen LogP contribution in [0.4, 0.5) is 0 Å². The lowest BCUT2D eigenvalue weighted by molar-refractivity contribution is -0.344. The van der Waals surface area contributed by atoms with E-state index in [9.17, 15) is 0 Å². The summed E-state index contributed by atoms with van der Waals surface area (Å²) in [4.78, 5) is 7.23. The lowest BCUT2D eigenvalue weighted by Gasteiger charge is -1.92. The summed E-state index contributed by atoms with van der Waals surface area (Å²) in [6.45, 7) is 0. The second-order valence-electron chi connectivity index (χ2n) is 2.92. The van der Waals surface area contributed by atoms with Crippen LogP contribution in [0.5, 0.6) is 0 Å². The molecule has 2 aromatic heterocycles. The Morgan fingerprint density at radius 2 is 2.31 bits per heavy atom. The van der Waals surface area contributed by atoms with Crippen molar-refractivity contribution < 1.29 is 4.98 Å². The molecule has 0 atom stereocenters. The topological polar surface area (TPSA) is 55.7 Å². The van der Waals surface area contributed by atoms with Crippen molar-refractivity contribution in [3.8, 4) is 0 Å². The molecule has 1 aromatic carbocycles. The summed E-state index contributed by atoms with van der Waals surface area (Å²) in [6.07, 6.45) is 3.43. The van der Waals surface area contributed by atoms with Gasteiger partial charge in [-0.25, -0.2) is 4.98 Å². The summed E-state index contributed by atoms with van der Waals surface area (Å²) in [5.74, 6) is 0. The number of benzene rings is 1. The van der Waals surface area contributed by atoms with E-state index < -0.39 is 0 Å². The first-order valence-electron chi connectivity index (χ1n) is 4.03. The summed E-state index contributed by atoms with van der Waals surface area (Å²) >= 11 is 0. The predicted molar refractivity (Wildman–Crippen MR) is 48.0 cm³/mol. The van der Waals surface area contributed by atoms with Gasteiger partial charge in [-0.2, -0.15) is 5.10 Å². The molecule has 3 aromatic rings. The van der Waals surface area contributed by atoms with Crippen LogP contribution in [0.1, 0.15) is 0 Å². The molecular weight excluding hydrogens is 164 g/mol. The molecule has 0 aliphatic rings. The third-order valence-corrected chi connectivity index (χ3v) is 2.11. The maximum Gasteiger partial charge on any atom is 0.285 e. The van der Waals surface area contributed by atoms with E-state index in [-0.39, 0.29) is 0 Å². The van der Waals surface area contributed by atoms with Crippen molar-refractivity contribution in [3.63, 3.8) is 0 Å². The van der Waals surface area contributed by atoms with Gasteiger partial charge in [0.15, 0.2) is 5.52 Å². The third kappa shape index (κ3) is 0.885. The first-order chi connectivity index (χ1) is 6.43.